The van der Waals surface area contributed by atoms with Crippen molar-refractivity contribution in [2.75, 3.05) is 13.9 Å². The first-order chi connectivity index (χ1) is 15.0. The van der Waals surface area contributed by atoms with E-state index in [9.17, 15) is 14.4 Å². The van der Waals surface area contributed by atoms with E-state index in [-0.39, 0.29) is 37.6 Å². The number of para-hydroxylation sites is 1. The SMILES string of the molecule is COC(=O)CC(NC(=O)CCn1cnc2ccccc2c1=O)c1ccc2c(c1)OCO2. The van der Waals surface area contributed by atoms with Crippen LogP contribution in [-0.2, 0) is 20.9 Å². The number of carbonyl (C=O) groups is 2. The number of hydrogen-bond donors (Lipinski definition) is 1. The standard InChI is InChI=1S/C22H21N3O6/c1-29-21(27)11-17(14-6-7-18-19(10-14)31-13-30-18)24-20(26)8-9-25-12-23-16-5-3-2-4-15(16)22(25)28/h2-7,10,12,17H,8-9,11,13H2,1H3,(H,24,26). The Hall–Kier alpha value is -3.88. The number of rotatable bonds is 7. The molecular formula is C22H21N3O6. The van der Waals surface area contributed by atoms with Gasteiger partial charge in [0, 0.05) is 13.0 Å². The van der Waals surface area contributed by atoms with Crippen molar-refractivity contribution in [3.05, 3.63) is 64.7 Å². The van der Waals surface area contributed by atoms with Crippen molar-refractivity contribution in [3.8, 4) is 11.5 Å². The molecule has 1 aliphatic rings. The van der Waals surface area contributed by atoms with Crippen LogP contribution in [0.3, 0.4) is 0 Å². The van der Waals surface area contributed by atoms with E-state index in [1.165, 1.54) is 18.0 Å². The fourth-order valence-electron chi connectivity index (χ4n) is 3.39. The molecule has 0 spiro atoms. The van der Waals surface area contributed by atoms with Crippen LogP contribution in [0.15, 0.2) is 53.6 Å². The molecule has 0 saturated carbocycles. The van der Waals surface area contributed by atoms with Gasteiger partial charge in [0.25, 0.3) is 5.56 Å². The van der Waals surface area contributed by atoms with Gasteiger partial charge in [0.1, 0.15) is 0 Å². The average Bonchev–Trinajstić information content (AvgIpc) is 3.26. The summed E-state index contributed by atoms with van der Waals surface area (Å²) in [6.07, 6.45) is 1.43. The van der Waals surface area contributed by atoms with Crippen molar-refractivity contribution < 1.29 is 23.8 Å². The normalized spacial score (nSPS) is 13.1. The van der Waals surface area contributed by atoms with Gasteiger partial charge in [0.15, 0.2) is 11.5 Å². The summed E-state index contributed by atoms with van der Waals surface area (Å²) in [6, 6.07) is 11.7. The molecule has 0 saturated heterocycles. The van der Waals surface area contributed by atoms with Gasteiger partial charge in [-0.05, 0) is 29.8 Å². The lowest BCUT2D eigenvalue weighted by Crippen LogP contribution is -2.32. The molecule has 0 bridgehead atoms. The summed E-state index contributed by atoms with van der Waals surface area (Å²) < 4.78 is 16.9. The van der Waals surface area contributed by atoms with Gasteiger partial charge in [-0.3, -0.25) is 19.0 Å². The van der Waals surface area contributed by atoms with Gasteiger partial charge in [-0.15, -0.1) is 0 Å². The number of fused-ring (bicyclic) bond motifs is 2. The maximum Gasteiger partial charge on any atom is 0.307 e. The average molecular weight is 423 g/mol. The van der Waals surface area contributed by atoms with Gasteiger partial charge in [-0.25, -0.2) is 4.98 Å². The first-order valence-corrected chi connectivity index (χ1v) is 9.75. The highest BCUT2D eigenvalue weighted by Gasteiger charge is 2.22. The van der Waals surface area contributed by atoms with Crippen molar-refractivity contribution in [1.82, 2.24) is 14.9 Å². The molecule has 1 amide bonds. The van der Waals surface area contributed by atoms with Crippen molar-refractivity contribution in [2.45, 2.75) is 25.4 Å². The van der Waals surface area contributed by atoms with Crippen molar-refractivity contribution in [3.63, 3.8) is 0 Å². The highest BCUT2D eigenvalue weighted by Crippen LogP contribution is 2.34. The number of carbonyl (C=O) groups excluding carboxylic acids is 2. The Kier molecular flexibility index (Phi) is 5.83. The van der Waals surface area contributed by atoms with Gasteiger partial charge in [-0.1, -0.05) is 18.2 Å². The summed E-state index contributed by atoms with van der Waals surface area (Å²) in [5.74, 6) is 0.384. The summed E-state index contributed by atoms with van der Waals surface area (Å²) >= 11 is 0. The van der Waals surface area contributed by atoms with Gasteiger partial charge < -0.3 is 19.5 Å². The summed E-state index contributed by atoms with van der Waals surface area (Å²) in [5, 5.41) is 3.34. The van der Waals surface area contributed by atoms with E-state index in [2.05, 4.69) is 10.3 Å². The summed E-state index contributed by atoms with van der Waals surface area (Å²) in [5.41, 5.74) is 1.09. The highest BCUT2D eigenvalue weighted by atomic mass is 16.7. The van der Waals surface area contributed by atoms with E-state index in [1.807, 2.05) is 6.07 Å². The quantitative estimate of drug-likeness (QED) is 0.579. The molecule has 9 nitrogen and oxygen atoms in total. The van der Waals surface area contributed by atoms with Crippen LogP contribution < -0.4 is 20.3 Å². The van der Waals surface area contributed by atoms with E-state index < -0.39 is 12.0 Å². The van der Waals surface area contributed by atoms with Gasteiger partial charge in [0.05, 0.1) is 36.8 Å². The lowest BCUT2D eigenvalue weighted by atomic mass is 10.0. The first kappa shape index (κ1) is 20.4. The predicted molar refractivity (Wildman–Crippen MR) is 111 cm³/mol. The Balaban J connectivity index is 1.47. The third kappa shape index (κ3) is 4.50. The van der Waals surface area contributed by atoms with Crippen LogP contribution in [0.1, 0.15) is 24.4 Å². The van der Waals surface area contributed by atoms with E-state index in [1.54, 1.807) is 36.4 Å². The van der Waals surface area contributed by atoms with E-state index in [4.69, 9.17) is 14.2 Å². The smallest absolute Gasteiger partial charge is 0.307 e. The molecule has 1 atom stereocenters. The van der Waals surface area contributed by atoms with Crippen LogP contribution in [0.25, 0.3) is 10.9 Å². The molecule has 3 aromatic rings. The van der Waals surface area contributed by atoms with Crippen LogP contribution in [0, 0.1) is 0 Å². The molecule has 1 unspecified atom stereocenters. The second-order valence-electron chi connectivity index (χ2n) is 7.02. The highest BCUT2D eigenvalue weighted by molar-refractivity contribution is 5.79. The zero-order chi connectivity index (χ0) is 21.8. The fourth-order valence-corrected chi connectivity index (χ4v) is 3.39. The largest absolute Gasteiger partial charge is 0.469 e. The number of hydrogen-bond acceptors (Lipinski definition) is 7. The number of aryl methyl sites for hydroxylation is 1. The monoisotopic (exact) mass is 423 g/mol. The number of nitrogens with one attached hydrogen (secondary N) is 1. The Morgan fingerprint density at radius 1 is 1.19 bits per heavy atom. The second-order valence-corrected chi connectivity index (χ2v) is 7.02. The lowest BCUT2D eigenvalue weighted by Gasteiger charge is -2.19. The number of amides is 1. The maximum atomic E-state index is 12.6. The number of methoxy groups -OCH3 is 1. The number of esters is 1. The Bertz CT molecular complexity index is 1190. The molecule has 0 radical (unpaired) electrons. The minimum absolute atomic E-state index is 0.0423. The third-order valence-corrected chi connectivity index (χ3v) is 5.04. The molecule has 9 heteroatoms. The molecular weight excluding hydrogens is 402 g/mol. The molecule has 4 rings (SSSR count). The topological polar surface area (TPSA) is 109 Å². The minimum atomic E-state index is -0.610. The fraction of sp³-hybridized carbons (Fsp3) is 0.273. The van der Waals surface area contributed by atoms with Crippen molar-refractivity contribution >= 4 is 22.8 Å². The van der Waals surface area contributed by atoms with Gasteiger partial charge in [-0.2, -0.15) is 0 Å². The third-order valence-electron chi connectivity index (χ3n) is 5.04. The van der Waals surface area contributed by atoms with E-state index in [0.717, 1.165) is 0 Å². The molecule has 1 aliphatic heterocycles. The molecule has 0 fully saturated rings. The molecule has 0 aliphatic carbocycles. The van der Waals surface area contributed by atoms with E-state index >= 15 is 0 Å². The number of nitrogens with zero attached hydrogens (tertiary/aromatic N) is 2. The number of benzene rings is 2. The Labute approximate surface area is 177 Å². The van der Waals surface area contributed by atoms with E-state index in [0.29, 0.717) is 28.0 Å². The van der Waals surface area contributed by atoms with Crippen LogP contribution in [-0.4, -0.2) is 35.3 Å². The Morgan fingerprint density at radius 2 is 2.00 bits per heavy atom. The molecule has 160 valence electrons. The molecule has 1 N–H and O–H groups in total. The second kappa shape index (κ2) is 8.86. The lowest BCUT2D eigenvalue weighted by molar-refractivity contribution is -0.141. The molecule has 2 heterocycles. The van der Waals surface area contributed by atoms with Crippen molar-refractivity contribution in [2.24, 2.45) is 0 Å². The van der Waals surface area contributed by atoms with Crippen molar-refractivity contribution in [1.29, 1.82) is 0 Å². The molecule has 31 heavy (non-hydrogen) atoms. The molecule has 1 aromatic heterocycles. The maximum absolute atomic E-state index is 12.6. The minimum Gasteiger partial charge on any atom is -0.469 e. The number of ether oxygens (including phenoxy) is 3. The van der Waals surface area contributed by atoms with Gasteiger partial charge >= 0.3 is 5.97 Å². The zero-order valence-electron chi connectivity index (χ0n) is 16.9. The van der Waals surface area contributed by atoms with Crippen LogP contribution >= 0.6 is 0 Å². The van der Waals surface area contributed by atoms with Crippen LogP contribution in [0.2, 0.25) is 0 Å². The Morgan fingerprint density at radius 3 is 2.84 bits per heavy atom. The summed E-state index contributed by atoms with van der Waals surface area (Å²) in [4.78, 5) is 41.3. The summed E-state index contributed by atoms with van der Waals surface area (Å²) in [6.45, 7) is 0.288. The van der Waals surface area contributed by atoms with Crippen LogP contribution in [0.4, 0.5) is 0 Å². The summed E-state index contributed by atoms with van der Waals surface area (Å²) in [7, 11) is 1.29. The molecule has 2 aromatic carbocycles. The first-order valence-electron chi connectivity index (χ1n) is 9.75. The number of aromatic nitrogens is 2. The zero-order valence-corrected chi connectivity index (χ0v) is 16.9. The predicted octanol–water partition coefficient (Wildman–Crippen LogP) is 1.94. The van der Waals surface area contributed by atoms with Crippen LogP contribution in [0.5, 0.6) is 11.5 Å². The van der Waals surface area contributed by atoms with Gasteiger partial charge in [0.2, 0.25) is 12.7 Å².